The van der Waals surface area contributed by atoms with Gasteiger partial charge in [0.15, 0.2) is 0 Å². The Labute approximate surface area is 104 Å². The van der Waals surface area contributed by atoms with Gasteiger partial charge in [-0.25, -0.2) is 0 Å². The number of hydrogen-bond donors (Lipinski definition) is 1. The van der Waals surface area contributed by atoms with Crippen LogP contribution in [0.25, 0.3) is 0 Å². The van der Waals surface area contributed by atoms with Crippen LogP contribution in [0.15, 0.2) is 24.3 Å². The van der Waals surface area contributed by atoms with Crippen LogP contribution in [0, 0.1) is 11.3 Å². The summed E-state index contributed by atoms with van der Waals surface area (Å²) in [7, 11) is 4.00. The molecular weight excluding hydrogens is 210 g/mol. The Hall–Kier alpha value is -1.53. The van der Waals surface area contributed by atoms with Gasteiger partial charge in [-0.2, -0.15) is 5.26 Å². The molecule has 0 spiro atoms. The highest BCUT2D eigenvalue weighted by Gasteiger charge is 2.15. The van der Waals surface area contributed by atoms with Crippen molar-refractivity contribution in [1.82, 2.24) is 5.32 Å². The fraction of sp³-hybridized carbons (Fsp3) is 0.500. The summed E-state index contributed by atoms with van der Waals surface area (Å²) in [5.74, 6) is 0. The van der Waals surface area contributed by atoms with Crippen LogP contribution in [0.5, 0.6) is 0 Å². The predicted octanol–water partition coefficient (Wildman–Crippen LogP) is 2.71. The Morgan fingerprint density at radius 3 is 2.59 bits per heavy atom. The molecule has 2 atom stereocenters. The molecule has 92 valence electrons. The number of nitrogens with one attached hydrogen (secondary N) is 1. The average Bonchev–Trinajstić information content (AvgIpc) is 2.37. The second-order valence-electron chi connectivity index (χ2n) is 4.39. The normalized spacial score (nSPS) is 13.8. The molecule has 0 saturated heterocycles. The molecule has 2 unspecified atom stereocenters. The largest absolute Gasteiger partial charge is 0.371 e. The van der Waals surface area contributed by atoms with E-state index in [2.05, 4.69) is 48.3 Å². The second-order valence-corrected chi connectivity index (χ2v) is 4.39. The van der Waals surface area contributed by atoms with E-state index in [1.807, 2.05) is 20.2 Å². The number of para-hydroxylation sites is 1. The van der Waals surface area contributed by atoms with Crippen molar-refractivity contribution in [2.75, 3.05) is 19.0 Å². The topological polar surface area (TPSA) is 39.1 Å². The van der Waals surface area contributed by atoms with Crippen LogP contribution in [0.3, 0.4) is 0 Å². The molecule has 0 radical (unpaired) electrons. The van der Waals surface area contributed by atoms with Crippen molar-refractivity contribution in [3.63, 3.8) is 0 Å². The summed E-state index contributed by atoms with van der Waals surface area (Å²) in [5, 5.41) is 12.0. The molecular formula is C14H21N3. The highest BCUT2D eigenvalue weighted by molar-refractivity contribution is 5.55. The van der Waals surface area contributed by atoms with Crippen LogP contribution >= 0.6 is 0 Å². The summed E-state index contributed by atoms with van der Waals surface area (Å²) >= 11 is 0. The number of nitrogens with zero attached hydrogens (tertiary/aromatic N) is 2. The SMILES string of the molecule is CNC(C)c1ccccc1N(C)C(C)CC#N. The zero-order valence-corrected chi connectivity index (χ0v) is 11.1. The van der Waals surface area contributed by atoms with E-state index < -0.39 is 0 Å². The predicted molar refractivity (Wildman–Crippen MR) is 72.0 cm³/mol. The van der Waals surface area contributed by atoms with Crippen molar-refractivity contribution in [2.45, 2.75) is 32.4 Å². The number of nitriles is 1. The molecule has 3 heteroatoms. The summed E-state index contributed by atoms with van der Waals surface area (Å²) in [6, 6.07) is 11.1. The zero-order chi connectivity index (χ0) is 12.8. The van der Waals surface area contributed by atoms with Crippen LogP contribution < -0.4 is 10.2 Å². The maximum Gasteiger partial charge on any atom is 0.0643 e. The van der Waals surface area contributed by atoms with Gasteiger partial charge in [0.1, 0.15) is 0 Å². The van der Waals surface area contributed by atoms with Gasteiger partial charge in [0.2, 0.25) is 0 Å². The molecule has 0 aromatic heterocycles. The molecule has 0 aliphatic carbocycles. The van der Waals surface area contributed by atoms with Gasteiger partial charge >= 0.3 is 0 Å². The van der Waals surface area contributed by atoms with Gasteiger partial charge in [-0.15, -0.1) is 0 Å². The van der Waals surface area contributed by atoms with E-state index in [4.69, 9.17) is 5.26 Å². The number of anilines is 1. The lowest BCUT2D eigenvalue weighted by Gasteiger charge is -2.29. The molecule has 0 aliphatic rings. The van der Waals surface area contributed by atoms with Gasteiger partial charge in [-0.3, -0.25) is 0 Å². The van der Waals surface area contributed by atoms with Gasteiger partial charge in [0.25, 0.3) is 0 Å². The molecule has 17 heavy (non-hydrogen) atoms. The molecule has 1 aromatic rings. The number of benzene rings is 1. The lowest BCUT2D eigenvalue weighted by molar-refractivity contribution is 0.639. The van der Waals surface area contributed by atoms with E-state index in [1.54, 1.807) is 0 Å². The van der Waals surface area contributed by atoms with Crippen LogP contribution in [0.2, 0.25) is 0 Å². The highest BCUT2D eigenvalue weighted by atomic mass is 15.1. The summed E-state index contributed by atoms with van der Waals surface area (Å²) in [6.45, 7) is 4.21. The first-order valence-electron chi connectivity index (χ1n) is 5.97. The minimum atomic E-state index is 0.227. The Balaban J connectivity index is 3.01. The van der Waals surface area contributed by atoms with Gasteiger partial charge in [-0.1, -0.05) is 18.2 Å². The third-order valence-electron chi connectivity index (χ3n) is 3.26. The standard InChI is InChI=1S/C14H21N3/c1-11(9-10-15)17(4)14-8-6-5-7-13(14)12(2)16-3/h5-8,11-12,16H,9H2,1-4H3. The summed E-state index contributed by atoms with van der Waals surface area (Å²) in [6.07, 6.45) is 0.540. The lowest BCUT2D eigenvalue weighted by atomic mass is 10.0. The fourth-order valence-corrected chi connectivity index (χ4v) is 1.84. The van der Waals surface area contributed by atoms with Crippen LogP contribution in [0.1, 0.15) is 31.9 Å². The van der Waals surface area contributed by atoms with Crippen LogP contribution in [-0.4, -0.2) is 20.1 Å². The van der Waals surface area contributed by atoms with Crippen molar-refractivity contribution in [3.05, 3.63) is 29.8 Å². The minimum Gasteiger partial charge on any atom is -0.371 e. The van der Waals surface area contributed by atoms with Crippen molar-refractivity contribution >= 4 is 5.69 Å². The van der Waals surface area contributed by atoms with Crippen molar-refractivity contribution in [2.24, 2.45) is 0 Å². The van der Waals surface area contributed by atoms with E-state index in [1.165, 1.54) is 11.3 Å². The Bertz CT molecular complexity index is 395. The van der Waals surface area contributed by atoms with Gasteiger partial charge in [0.05, 0.1) is 12.5 Å². The first kappa shape index (κ1) is 13.5. The second kappa shape index (κ2) is 6.27. The Morgan fingerprint density at radius 2 is 2.00 bits per heavy atom. The maximum atomic E-state index is 8.77. The monoisotopic (exact) mass is 231 g/mol. The average molecular weight is 231 g/mol. The van der Waals surface area contributed by atoms with Gasteiger partial charge < -0.3 is 10.2 Å². The van der Waals surface area contributed by atoms with E-state index in [-0.39, 0.29) is 6.04 Å². The fourth-order valence-electron chi connectivity index (χ4n) is 1.84. The van der Waals surface area contributed by atoms with E-state index in [0.29, 0.717) is 12.5 Å². The summed E-state index contributed by atoms with van der Waals surface area (Å²) in [4.78, 5) is 2.17. The smallest absolute Gasteiger partial charge is 0.0643 e. The molecule has 0 bridgehead atoms. The summed E-state index contributed by atoms with van der Waals surface area (Å²) in [5.41, 5.74) is 2.46. The first-order valence-corrected chi connectivity index (χ1v) is 5.97. The quantitative estimate of drug-likeness (QED) is 0.847. The zero-order valence-electron chi connectivity index (χ0n) is 11.1. The molecule has 1 N–H and O–H groups in total. The van der Waals surface area contributed by atoms with E-state index >= 15 is 0 Å². The molecule has 0 aliphatic heterocycles. The van der Waals surface area contributed by atoms with Crippen molar-refractivity contribution in [3.8, 4) is 6.07 Å². The Morgan fingerprint density at radius 1 is 1.35 bits per heavy atom. The van der Waals surface area contributed by atoms with E-state index in [9.17, 15) is 0 Å². The molecule has 0 saturated carbocycles. The number of rotatable bonds is 5. The maximum absolute atomic E-state index is 8.77. The minimum absolute atomic E-state index is 0.227. The Kier molecular flexibility index (Phi) is 4.99. The molecule has 1 rings (SSSR count). The molecule has 3 nitrogen and oxygen atoms in total. The van der Waals surface area contributed by atoms with Crippen LogP contribution in [-0.2, 0) is 0 Å². The molecule has 0 fully saturated rings. The lowest BCUT2D eigenvalue weighted by Crippen LogP contribution is -2.30. The number of hydrogen-bond acceptors (Lipinski definition) is 3. The highest BCUT2D eigenvalue weighted by Crippen LogP contribution is 2.26. The third kappa shape index (κ3) is 3.21. The van der Waals surface area contributed by atoms with Gasteiger partial charge in [-0.05, 0) is 32.5 Å². The van der Waals surface area contributed by atoms with Crippen molar-refractivity contribution in [1.29, 1.82) is 5.26 Å². The molecule has 0 amide bonds. The summed E-state index contributed by atoms with van der Waals surface area (Å²) < 4.78 is 0. The van der Waals surface area contributed by atoms with Crippen LogP contribution in [0.4, 0.5) is 5.69 Å². The third-order valence-corrected chi connectivity index (χ3v) is 3.26. The first-order chi connectivity index (χ1) is 8.11. The molecule has 0 heterocycles. The van der Waals surface area contributed by atoms with E-state index in [0.717, 1.165) is 0 Å². The van der Waals surface area contributed by atoms with Gasteiger partial charge in [0, 0.05) is 24.8 Å². The van der Waals surface area contributed by atoms with Crippen molar-refractivity contribution < 1.29 is 0 Å². The molecule has 1 aromatic carbocycles.